The molecule has 2 amide bonds. The van der Waals surface area contributed by atoms with Crippen molar-refractivity contribution in [3.63, 3.8) is 0 Å². The van der Waals surface area contributed by atoms with Gasteiger partial charge in [0.25, 0.3) is 5.91 Å². The van der Waals surface area contributed by atoms with Gasteiger partial charge in [-0.05, 0) is 37.3 Å². The number of phenols is 1. The fraction of sp³-hybridized carbons (Fsp3) is 0.250. The Hall–Kier alpha value is -3.55. The zero-order valence-corrected chi connectivity index (χ0v) is 15.5. The Morgan fingerprint density at radius 2 is 2.00 bits per heavy atom. The predicted octanol–water partition coefficient (Wildman–Crippen LogP) is 2.32. The number of anilines is 2. The molecule has 8 heteroatoms. The molecule has 2 aromatic rings. The fourth-order valence-corrected chi connectivity index (χ4v) is 3.05. The van der Waals surface area contributed by atoms with Gasteiger partial charge in [0.15, 0.2) is 6.61 Å². The van der Waals surface area contributed by atoms with Gasteiger partial charge < -0.3 is 24.8 Å². The van der Waals surface area contributed by atoms with Crippen LogP contribution in [-0.4, -0.2) is 42.6 Å². The zero-order valence-electron chi connectivity index (χ0n) is 15.5. The van der Waals surface area contributed by atoms with E-state index in [-0.39, 0.29) is 23.6 Å². The highest BCUT2D eigenvalue weighted by atomic mass is 16.5. The number of hydrogen-bond acceptors (Lipinski definition) is 6. The molecule has 0 radical (unpaired) electrons. The highest BCUT2D eigenvalue weighted by Crippen LogP contribution is 2.31. The molecule has 0 aromatic heterocycles. The van der Waals surface area contributed by atoms with Crippen LogP contribution in [0.25, 0.3) is 0 Å². The molecule has 146 valence electrons. The molecule has 2 N–H and O–H groups in total. The van der Waals surface area contributed by atoms with Crippen LogP contribution in [0.3, 0.4) is 0 Å². The number of hydrogen-bond donors (Lipinski definition) is 2. The summed E-state index contributed by atoms with van der Waals surface area (Å²) >= 11 is 0. The van der Waals surface area contributed by atoms with E-state index in [9.17, 15) is 19.5 Å². The Morgan fingerprint density at radius 3 is 2.75 bits per heavy atom. The molecule has 0 saturated carbocycles. The number of benzene rings is 2. The molecule has 28 heavy (non-hydrogen) atoms. The third-order valence-corrected chi connectivity index (χ3v) is 4.38. The average Bonchev–Trinajstić information content (AvgIpc) is 2.80. The lowest BCUT2D eigenvalue weighted by molar-refractivity contribution is -0.122. The van der Waals surface area contributed by atoms with E-state index in [0.29, 0.717) is 17.1 Å². The Balaban J connectivity index is 1.77. The Morgan fingerprint density at radius 1 is 1.25 bits per heavy atom. The first kappa shape index (κ1) is 19.2. The first-order valence-corrected chi connectivity index (χ1v) is 8.65. The van der Waals surface area contributed by atoms with Crippen LogP contribution >= 0.6 is 0 Å². The molecule has 0 unspecified atom stereocenters. The van der Waals surface area contributed by atoms with E-state index in [1.54, 1.807) is 31.2 Å². The van der Waals surface area contributed by atoms with Crippen molar-refractivity contribution >= 4 is 29.2 Å². The smallest absolute Gasteiger partial charge is 0.342 e. The molecule has 2 aromatic carbocycles. The Kier molecular flexibility index (Phi) is 5.49. The number of rotatable bonds is 4. The third-order valence-electron chi connectivity index (χ3n) is 4.38. The molecule has 1 aliphatic heterocycles. The van der Waals surface area contributed by atoms with Crippen LogP contribution in [0.4, 0.5) is 11.4 Å². The van der Waals surface area contributed by atoms with Gasteiger partial charge in [-0.2, -0.15) is 0 Å². The molecule has 0 spiro atoms. The number of amides is 2. The third kappa shape index (κ3) is 3.90. The number of phenolic OH excluding ortho intramolecular Hbond substituents is 1. The molecule has 0 bridgehead atoms. The number of carbonyl (C=O) groups excluding carboxylic acids is 3. The molecule has 0 aliphatic carbocycles. The van der Waals surface area contributed by atoms with Crippen molar-refractivity contribution < 1.29 is 29.0 Å². The maximum absolute atomic E-state index is 12.8. The lowest BCUT2D eigenvalue weighted by atomic mass is 10.1. The standard InChI is InChI=1S/C20H20N2O6/c1-12-9-18(24)21-15-5-3-4-6-16(15)22(12)19(25)11-28-20(26)14-10-13(27-2)7-8-17(14)23/h3-8,10,12,23H,9,11H2,1-2H3,(H,21,24)/t12-/m1/s1. The van der Waals surface area contributed by atoms with Crippen molar-refractivity contribution in [2.45, 2.75) is 19.4 Å². The highest BCUT2D eigenvalue weighted by Gasteiger charge is 2.30. The van der Waals surface area contributed by atoms with Crippen molar-refractivity contribution in [1.82, 2.24) is 0 Å². The SMILES string of the molecule is COc1ccc(O)c(C(=O)OCC(=O)N2c3ccccc3NC(=O)C[C@H]2C)c1. The summed E-state index contributed by atoms with van der Waals surface area (Å²) < 4.78 is 10.1. The largest absolute Gasteiger partial charge is 0.507 e. The van der Waals surface area contributed by atoms with Crippen molar-refractivity contribution in [3.05, 3.63) is 48.0 Å². The Bertz CT molecular complexity index is 927. The normalized spacial score (nSPS) is 15.9. The number of nitrogens with one attached hydrogen (secondary N) is 1. The van der Waals surface area contributed by atoms with Crippen LogP contribution < -0.4 is 15.0 Å². The topological polar surface area (TPSA) is 105 Å². The lowest BCUT2D eigenvalue weighted by Gasteiger charge is -2.27. The maximum Gasteiger partial charge on any atom is 0.342 e. The number of carbonyl (C=O) groups is 3. The number of para-hydroxylation sites is 2. The molecule has 1 heterocycles. The minimum absolute atomic E-state index is 0.103. The van der Waals surface area contributed by atoms with Crippen LogP contribution in [-0.2, 0) is 14.3 Å². The number of fused-ring (bicyclic) bond motifs is 1. The molecular weight excluding hydrogens is 364 g/mol. The first-order valence-electron chi connectivity index (χ1n) is 8.65. The average molecular weight is 384 g/mol. The van der Waals surface area contributed by atoms with E-state index in [2.05, 4.69) is 5.32 Å². The highest BCUT2D eigenvalue weighted by molar-refractivity contribution is 6.05. The van der Waals surface area contributed by atoms with Crippen LogP contribution in [0.5, 0.6) is 11.5 Å². The molecule has 1 atom stereocenters. The van der Waals surface area contributed by atoms with Gasteiger partial charge >= 0.3 is 5.97 Å². The zero-order chi connectivity index (χ0) is 20.3. The second kappa shape index (κ2) is 7.99. The number of methoxy groups -OCH3 is 1. The van der Waals surface area contributed by atoms with Gasteiger partial charge in [0.1, 0.15) is 17.1 Å². The van der Waals surface area contributed by atoms with Crippen LogP contribution in [0.2, 0.25) is 0 Å². The van der Waals surface area contributed by atoms with E-state index in [0.717, 1.165) is 0 Å². The molecule has 0 fully saturated rings. The molecule has 3 rings (SSSR count). The van der Waals surface area contributed by atoms with Crippen molar-refractivity contribution in [1.29, 1.82) is 0 Å². The summed E-state index contributed by atoms with van der Waals surface area (Å²) in [4.78, 5) is 38.5. The van der Waals surface area contributed by atoms with Crippen LogP contribution in [0.1, 0.15) is 23.7 Å². The van der Waals surface area contributed by atoms with Crippen molar-refractivity contribution in [3.8, 4) is 11.5 Å². The summed E-state index contributed by atoms with van der Waals surface area (Å²) in [6, 6.07) is 10.6. The molecule has 1 aliphatic rings. The second-order valence-electron chi connectivity index (χ2n) is 6.34. The minimum atomic E-state index is -0.852. The van der Waals surface area contributed by atoms with Gasteiger partial charge in [-0.15, -0.1) is 0 Å². The van der Waals surface area contributed by atoms with Crippen LogP contribution in [0, 0.1) is 0 Å². The van der Waals surface area contributed by atoms with E-state index in [1.807, 2.05) is 0 Å². The monoisotopic (exact) mass is 384 g/mol. The van der Waals surface area contributed by atoms with Gasteiger partial charge in [-0.1, -0.05) is 12.1 Å². The number of nitrogens with zero attached hydrogens (tertiary/aromatic N) is 1. The van der Waals surface area contributed by atoms with E-state index < -0.39 is 24.5 Å². The van der Waals surface area contributed by atoms with E-state index in [4.69, 9.17) is 9.47 Å². The molecular formula is C20H20N2O6. The van der Waals surface area contributed by atoms with E-state index in [1.165, 1.54) is 30.2 Å². The summed E-state index contributed by atoms with van der Waals surface area (Å²) in [5, 5.41) is 12.6. The van der Waals surface area contributed by atoms with Gasteiger partial charge in [-0.3, -0.25) is 9.59 Å². The number of esters is 1. The van der Waals surface area contributed by atoms with E-state index >= 15 is 0 Å². The van der Waals surface area contributed by atoms with Gasteiger partial charge in [0.2, 0.25) is 5.91 Å². The summed E-state index contributed by atoms with van der Waals surface area (Å²) in [6.07, 6.45) is 0.116. The quantitative estimate of drug-likeness (QED) is 0.784. The number of aromatic hydroxyl groups is 1. The lowest BCUT2D eigenvalue weighted by Crippen LogP contribution is -2.41. The predicted molar refractivity (Wildman–Crippen MR) is 102 cm³/mol. The number of ether oxygens (including phenoxy) is 2. The van der Waals surface area contributed by atoms with Crippen LogP contribution in [0.15, 0.2) is 42.5 Å². The minimum Gasteiger partial charge on any atom is -0.507 e. The van der Waals surface area contributed by atoms with Gasteiger partial charge in [0.05, 0.1) is 18.5 Å². The molecule has 0 saturated heterocycles. The fourth-order valence-electron chi connectivity index (χ4n) is 3.05. The van der Waals surface area contributed by atoms with Crippen molar-refractivity contribution in [2.24, 2.45) is 0 Å². The summed E-state index contributed by atoms with van der Waals surface area (Å²) in [5.74, 6) is -1.44. The van der Waals surface area contributed by atoms with Gasteiger partial charge in [-0.25, -0.2) is 4.79 Å². The van der Waals surface area contributed by atoms with Crippen molar-refractivity contribution in [2.75, 3.05) is 23.9 Å². The first-order chi connectivity index (χ1) is 13.4. The summed E-state index contributed by atoms with van der Waals surface area (Å²) in [6.45, 7) is 1.21. The summed E-state index contributed by atoms with van der Waals surface area (Å²) in [7, 11) is 1.43. The maximum atomic E-state index is 12.8. The summed E-state index contributed by atoms with van der Waals surface area (Å²) in [5.41, 5.74) is 0.946. The molecule has 8 nitrogen and oxygen atoms in total. The second-order valence-corrected chi connectivity index (χ2v) is 6.34. The Labute approximate surface area is 161 Å². The van der Waals surface area contributed by atoms with Gasteiger partial charge in [0, 0.05) is 12.5 Å².